The number of nitrogens with zero attached hydrogens (tertiary/aromatic N) is 5. The summed E-state index contributed by atoms with van der Waals surface area (Å²) in [4.78, 5) is 12.0. The predicted octanol–water partition coefficient (Wildman–Crippen LogP) is 0.428. The van der Waals surface area contributed by atoms with Crippen LogP contribution in [0.5, 0.6) is 0 Å². The molecule has 0 aromatic carbocycles. The largest absolute Gasteiger partial charge is 0.241 e. The molecule has 0 saturated carbocycles. The lowest BCUT2D eigenvalue weighted by atomic mass is 10.4. The van der Waals surface area contributed by atoms with E-state index in [4.69, 9.17) is 0 Å². The van der Waals surface area contributed by atoms with Crippen LogP contribution in [-0.2, 0) is 6.54 Å². The van der Waals surface area contributed by atoms with Gasteiger partial charge in [-0.3, -0.25) is 0 Å². The van der Waals surface area contributed by atoms with E-state index in [1.165, 1.54) is 6.33 Å². The van der Waals surface area contributed by atoms with E-state index < -0.39 is 0 Å². The average molecular weight is 199 g/mol. The smallest absolute Gasteiger partial charge is 0.205 e. The molecular formula is C10H9N5. The molecule has 5 nitrogen and oxygen atoms in total. The van der Waals surface area contributed by atoms with E-state index in [1.807, 2.05) is 13.0 Å². The van der Waals surface area contributed by atoms with Gasteiger partial charge in [-0.2, -0.15) is 5.10 Å². The van der Waals surface area contributed by atoms with E-state index in [0.717, 1.165) is 5.69 Å². The lowest BCUT2D eigenvalue weighted by Crippen LogP contribution is -1.96. The molecule has 2 rings (SSSR count). The van der Waals surface area contributed by atoms with Crippen molar-refractivity contribution >= 4 is 0 Å². The lowest BCUT2D eigenvalue weighted by Gasteiger charge is -1.91. The quantitative estimate of drug-likeness (QED) is 0.625. The molecule has 0 aliphatic rings. The van der Waals surface area contributed by atoms with E-state index in [-0.39, 0.29) is 0 Å². The zero-order chi connectivity index (χ0) is 10.5. The van der Waals surface area contributed by atoms with E-state index in [0.29, 0.717) is 12.4 Å². The van der Waals surface area contributed by atoms with E-state index in [2.05, 4.69) is 31.9 Å². The summed E-state index contributed by atoms with van der Waals surface area (Å²) < 4.78 is 1.64. The Morgan fingerprint density at radius 3 is 3.13 bits per heavy atom. The minimum Gasteiger partial charge on any atom is -0.241 e. The maximum atomic E-state index is 4.16. The first-order valence-electron chi connectivity index (χ1n) is 4.45. The molecule has 0 fully saturated rings. The molecule has 2 aromatic heterocycles. The van der Waals surface area contributed by atoms with Gasteiger partial charge in [-0.1, -0.05) is 5.92 Å². The van der Waals surface area contributed by atoms with Gasteiger partial charge in [0.05, 0.1) is 0 Å². The summed E-state index contributed by atoms with van der Waals surface area (Å²) in [6.07, 6.45) is 4.79. The van der Waals surface area contributed by atoms with E-state index >= 15 is 0 Å². The summed E-state index contributed by atoms with van der Waals surface area (Å²) in [5.74, 6) is 6.32. The van der Waals surface area contributed by atoms with Crippen LogP contribution in [0.15, 0.2) is 24.9 Å². The first-order chi connectivity index (χ1) is 7.34. The summed E-state index contributed by atoms with van der Waals surface area (Å²) in [5.41, 5.74) is 0.912. The molecular weight excluding hydrogens is 190 g/mol. The monoisotopic (exact) mass is 199 g/mol. The van der Waals surface area contributed by atoms with Gasteiger partial charge < -0.3 is 0 Å². The van der Waals surface area contributed by atoms with Crippen LogP contribution in [0, 0.1) is 18.8 Å². The first kappa shape index (κ1) is 9.34. The Labute approximate surface area is 87.2 Å². The van der Waals surface area contributed by atoms with Gasteiger partial charge in [0.1, 0.15) is 19.2 Å². The molecule has 74 valence electrons. The Balaban J connectivity index is 2.06. The third-order valence-corrected chi connectivity index (χ3v) is 1.70. The predicted molar refractivity (Wildman–Crippen MR) is 53.7 cm³/mol. The second kappa shape index (κ2) is 4.33. The Morgan fingerprint density at radius 2 is 2.40 bits per heavy atom. The molecule has 0 spiro atoms. The molecule has 0 radical (unpaired) electrons. The van der Waals surface area contributed by atoms with Gasteiger partial charge in [-0.15, -0.1) is 0 Å². The highest BCUT2D eigenvalue weighted by atomic mass is 15.3. The zero-order valence-corrected chi connectivity index (χ0v) is 8.25. The molecule has 0 amide bonds. The van der Waals surface area contributed by atoms with Crippen LogP contribution >= 0.6 is 0 Å². The number of aromatic nitrogens is 5. The van der Waals surface area contributed by atoms with Crippen LogP contribution in [0.3, 0.4) is 0 Å². The van der Waals surface area contributed by atoms with Crippen molar-refractivity contribution < 1.29 is 0 Å². The van der Waals surface area contributed by atoms with Gasteiger partial charge in [0, 0.05) is 11.9 Å². The topological polar surface area (TPSA) is 56.5 Å². The molecule has 0 aliphatic heterocycles. The minimum atomic E-state index is 0.497. The Hall–Kier alpha value is -2.22. The molecule has 0 N–H and O–H groups in total. The van der Waals surface area contributed by atoms with Crippen molar-refractivity contribution in [1.29, 1.82) is 0 Å². The molecule has 0 saturated heterocycles. The van der Waals surface area contributed by atoms with Crippen molar-refractivity contribution in [2.24, 2.45) is 0 Å². The Kier molecular flexibility index (Phi) is 2.70. The first-order valence-corrected chi connectivity index (χ1v) is 4.45. The van der Waals surface area contributed by atoms with Gasteiger partial charge in [0.2, 0.25) is 5.82 Å². The fourth-order valence-electron chi connectivity index (χ4n) is 1.02. The van der Waals surface area contributed by atoms with Crippen LogP contribution in [0.2, 0.25) is 0 Å². The highest BCUT2D eigenvalue weighted by molar-refractivity contribution is 5.20. The standard InChI is InChI=1S/C10H9N5/c1-9-4-5-12-10(14-9)3-2-6-15-8-11-7-13-15/h4-5,7-8H,6H2,1H3. The molecule has 5 heteroatoms. The second-order valence-electron chi connectivity index (χ2n) is 2.92. The highest BCUT2D eigenvalue weighted by Crippen LogP contribution is 1.90. The lowest BCUT2D eigenvalue weighted by molar-refractivity contribution is 0.713. The molecule has 0 bridgehead atoms. The maximum absolute atomic E-state index is 4.16. The Morgan fingerprint density at radius 1 is 1.47 bits per heavy atom. The average Bonchev–Trinajstić information content (AvgIpc) is 2.71. The van der Waals surface area contributed by atoms with Crippen LogP contribution in [-0.4, -0.2) is 24.7 Å². The highest BCUT2D eigenvalue weighted by Gasteiger charge is 1.90. The molecule has 2 aromatic rings. The maximum Gasteiger partial charge on any atom is 0.205 e. The van der Waals surface area contributed by atoms with Gasteiger partial charge in [-0.05, 0) is 18.9 Å². The fourth-order valence-corrected chi connectivity index (χ4v) is 1.02. The summed E-state index contributed by atoms with van der Waals surface area (Å²) >= 11 is 0. The third kappa shape index (κ3) is 2.61. The molecule has 2 heterocycles. The van der Waals surface area contributed by atoms with Gasteiger partial charge in [-0.25, -0.2) is 19.6 Å². The summed E-state index contributed by atoms with van der Waals surface area (Å²) in [6.45, 7) is 2.40. The minimum absolute atomic E-state index is 0.497. The van der Waals surface area contributed by atoms with Gasteiger partial charge in [0.15, 0.2) is 0 Å². The van der Waals surface area contributed by atoms with E-state index in [9.17, 15) is 0 Å². The van der Waals surface area contributed by atoms with Crippen LogP contribution in [0.1, 0.15) is 11.5 Å². The summed E-state index contributed by atoms with van der Waals surface area (Å²) in [5, 5.41) is 3.93. The van der Waals surface area contributed by atoms with Crippen molar-refractivity contribution in [2.45, 2.75) is 13.5 Å². The van der Waals surface area contributed by atoms with Gasteiger partial charge >= 0.3 is 0 Å². The number of hydrogen-bond acceptors (Lipinski definition) is 4. The normalized spacial score (nSPS) is 9.40. The van der Waals surface area contributed by atoms with Crippen molar-refractivity contribution in [3.05, 3.63) is 36.4 Å². The molecule has 15 heavy (non-hydrogen) atoms. The SMILES string of the molecule is Cc1ccnc(C#CCn2cncn2)n1. The van der Waals surface area contributed by atoms with Crippen molar-refractivity contribution in [2.75, 3.05) is 0 Å². The summed E-state index contributed by atoms with van der Waals surface area (Å²) in [7, 11) is 0. The molecule has 0 atom stereocenters. The van der Waals surface area contributed by atoms with Gasteiger partial charge in [0.25, 0.3) is 0 Å². The van der Waals surface area contributed by atoms with Crippen molar-refractivity contribution in [3.8, 4) is 11.8 Å². The molecule has 0 unspecified atom stereocenters. The van der Waals surface area contributed by atoms with Crippen molar-refractivity contribution in [1.82, 2.24) is 24.7 Å². The number of hydrogen-bond donors (Lipinski definition) is 0. The number of rotatable bonds is 1. The van der Waals surface area contributed by atoms with Crippen molar-refractivity contribution in [3.63, 3.8) is 0 Å². The second-order valence-corrected chi connectivity index (χ2v) is 2.92. The van der Waals surface area contributed by atoms with Crippen LogP contribution < -0.4 is 0 Å². The fraction of sp³-hybridized carbons (Fsp3) is 0.200. The number of aryl methyl sites for hydroxylation is 1. The Bertz CT molecular complexity index is 492. The zero-order valence-electron chi connectivity index (χ0n) is 8.25. The van der Waals surface area contributed by atoms with Crippen LogP contribution in [0.25, 0.3) is 0 Å². The molecule has 0 aliphatic carbocycles. The van der Waals surface area contributed by atoms with Crippen LogP contribution in [0.4, 0.5) is 0 Å². The van der Waals surface area contributed by atoms with E-state index in [1.54, 1.807) is 17.2 Å². The third-order valence-electron chi connectivity index (χ3n) is 1.70. The summed E-state index contributed by atoms with van der Waals surface area (Å²) in [6, 6.07) is 1.84.